The average Bonchev–Trinajstić information content (AvgIpc) is 2.78. The van der Waals surface area contributed by atoms with E-state index in [4.69, 9.17) is 0 Å². The number of pyridine rings is 1. The number of aliphatic imine (C=N–C) groups is 1. The summed E-state index contributed by atoms with van der Waals surface area (Å²) in [6.07, 6.45) is 7.90. The molecule has 4 heteroatoms. The first-order chi connectivity index (χ1) is 14.2. The van der Waals surface area contributed by atoms with E-state index in [1.165, 1.54) is 0 Å². The van der Waals surface area contributed by atoms with E-state index in [0.717, 1.165) is 46.5 Å². The van der Waals surface area contributed by atoms with E-state index in [9.17, 15) is 4.79 Å². The third-order valence-electron chi connectivity index (χ3n) is 4.94. The number of nitrogens with zero attached hydrogens (tertiary/aromatic N) is 2. The van der Waals surface area contributed by atoms with E-state index >= 15 is 0 Å². The molecule has 1 aliphatic heterocycles. The minimum Gasteiger partial charge on any atom is -0.348 e. The smallest absolute Gasteiger partial charge is 0.251 e. The van der Waals surface area contributed by atoms with Crippen LogP contribution in [0.2, 0.25) is 0 Å². The maximum Gasteiger partial charge on any atom is 0.251 e. The maximum atomic E-state index is 12.5. The average molecular weight is 381 g/mol. The van der Waals surface area contributed by atoms with E-state index in [2.05, 4.69) is 39.6 Å². The molecule has 4 rings (SSSR count). The summed E-state index contributed by atoms with van der Waals surface area (Å²) in [5.74, 6) is -0.0773. The van der Waals surface area contributed by atoms with Gasteiger partial charge in [-0.05, 0) is 66.3 Å². The van der Waals surface area contributed by atoms with Crippen LogP contribution in [0, 0.1) is 6.92 Å². The monoisotopic (exact) mass is 381 g/mol. The normalized spacial score (nSPS) is 13.1. The van der Waals surface area contributed by atoms with Gasteiger partial charge in [-0.25, -0.2) is 0 Å². The van der Waals surface area contributed by atoms with E-state index in [1.54, 1.807) is 0 Å². The molecule has 4 nitrogen and oxygen atoms in total. The molecular weight excluding hydrogens is 358 g/mol. The molecule has 144 valence electrons. The van der Waals surface area contributed by atoms with Crippen LogP contribution in [0.3, 0.4) is 0 Å². The summed E-state index contributed by atoms with van der Waals surface area (Å²) in [6, 6.07) is 19.9. The van der Waals surface area contributed by atoms with Crippen LogP contribution in [0.15, 0.2) is 77.9 Å². The lowest BCUT2D eigenvalue weighted by Crippen LogP contribution is -2.22. The molecule has 2 aromatic carbocycles. The molecule has 0 saturated heterocycles. The molecular formula is C25H23N3O. The standard InChI is InChI=1S/C25H23N3O/c1-18-16-23(13-15-26-18)20-7-5-19(6-8-20)17-28-25(29)22-11-9-21(10-12-22)24-4-2-3-14-27-24/h4-16H,2-3,17H2,1H3,(H,28,29). The van der Waals surface area contributed by atoms with Crippen molar-refractivity contribution in [2.75, 3.05) is 0 Å². The molecule has 2 heterocycles. The highest BCUT2D eigenvalue weighted by atomic mass is 16.1. The molecule has 1 aromatic heterocycles. The van der Waals surface area contributed by atoms with Gasteiger partial charge in [-0.2, -0.15) is 0 Å². The molecule has 0 unspecified atom stereocenters. The largest absolute Gasteiger partial charge is 0.348 e. The summed E-state index contributed by atoms with van der Waals surface area (Å²) in [4.78, 5) is 21.1. The molecule has 1 aliphatic rings. The second-order valence-corrected chi connectivity index (χ2v) is 7.12. The highest BCUT2D eigenvalue weighted by Crippen LogP contribution is 2.21. The topological polar surface area (TPSA) is 54.4 Å². The van der Waals surface area contributed by atoms with Gasteiger partial charge in [-0.15, -0.1) is 0 Å². The second-order valence-electron chi connectivity index (χ2n) is 7.12. The van der Waals surface area contributed by atoms with Gasteiger partial charge in [0.2, 0.25) is 0 Å². The van der Waals surface area contributed by atoms with Crippen LogP contribution < -0.4 is 5.32 Å². The predicted octanol–water partition coefficient (Wildman–Crippen LogP) is 5.19. The molecule has 29 heavy (non-hydrogen) atoms. The minimum absolute atomic E-state index is 0.0773. The van der Waals surface area contributed by atoms with Crippen molar-refractivity contribution in [3.8, 4) is 11.1 Å². The van der Waals surface area contributed by atoms with Gasteiger partial charge < -0.3 is 5.32 Å². The molecule has 0 spiro atoms. The van der Waals surface area contributed by atoms with Crippen molar-refractivity contribution in [2.24, 2.45) is 4.99 Å². The Morgan fingerprint density at radius 3 is 2.38 bits per heavy atom. The number of carbonyl (C=O) groups excluding carboxylic acids is 1. The molecule has 3 aromatic rings. The van der Waals surface area contributed by atoms with Gasteiger partial charge in [0.15, 0.2) is 0 Å². The summed E-state index contributed by atoms with van der Waals surface area (Å²) < 4.78 is 0. The molecule has 0 atom stereocenters. The van der Waals surface area contributed by atoms with Gasteiger partial charge in [-0.1, -0.05) is 42.5 Å². The zero-order valence-electron chi connectivity index (χ0n) is 16.4. The highest BCUT2D eigenvalue weighted by molar-refractivity contribution is 5.94. The summed E-state index contributed by atoms with van der Waals surface area (Å²) >= 11 is 0. The number of nitrogens with one attached hydrogen (secondary N) is 1. The first-order valence-electron chi connectivity index (χ1n) is 9.82. The molecule has 1 amide bonds. The number of carbonyl (C=O) groups is 1. The quantitative estimate of drug-likeness (QED) is 0.661. The van der Waals surface area contributed by atoms with E-state index < -0.39 is 0 Å². The van der Waals surface area contributed by atoms with Gasteiger partial charge in [0, 0.05) is 30.2 Å². The van der Waals surface area contributed by atoms with Gasteiger partial charge in [0.05, 0.1) is 5.70 Å². The second kappa shape index (κ2) is 8.65. The molecule has 0 radical (unpaired) electrons. The number of rotatable bonds is 5. The third kappa shape index (κ3) is 4.66. The Balaban J connectivity index is 1.37. The molecule has 0 bridgehead atoms. The Labute approximate surface area is 171 Å². The van der Waals surface area contributed by atoms with Gasteiger partial charge in [0.1, 0.15) is 0 Å². The van der Waals surface area contributed by atoms with E-state index in [-0.39, 0.29) is 5.91 Å². The van der Waals surface area contributed by atoms with E-state index in [0.29, 0.717) is 12.1 Å². The third-order valence-corrected chi connectivity index (χ3v) is 4.94. The van der Waals surface area contributed by atoms with Crippen LogP contribution in [-0.2, 0) is 6.54 Å². The molecule has 0 aliphatic carbocycles. The lowest BCUT2D eigenvalue weighted by atomic mass is 10.0. The fourth-order valence-corrected chi connectivity index (χ4v) is 3.32. The van der Waals surface area contributed by atoms with Crippen LogP contribution >= 0.6 is 0 Å². The van der Waals surface area contributed by atoms with Gasteiger partial charge >= 0.3 is 0 Å². The Bertz CT molecular complexity index is 1060. The van der Waals surface area contributed by atoms with Crippen LogP contribution in [0.1, 0.15) is 40.0 Å². The highest BCUT2D eigenvalue weighted by Gasteiger charge is 2.08. The Hall–Kier alpha value is -3.53. The predicted molar refractivity (Wildman–Crippen MR) is 118 cm³/mol. The Morgan fingerprint density at radius 1 is 0.931 bits per heavy atom. The first kappa shape index (κ1) is 18.8. The zero-order valence-corrected chi connectivity index (χ0v) is 16.4. The van der Waals surface area contributed by atoms with Gasteiger partial charge in [-0.3, -0.25) is 14.8 Å². The van der Waals surface area contributed by atoms with Crippen molar-refractivity contribution in [3.05, 3.63) is 95.3 Å². The number of aryl methyl sites for hydroxylation is 1. The lowest BCUT2D eigenvalue weighted by Gasteiger charge is -2.09. The molecule has 1 N–H and O–H groups in total. The Morgan fingerprint density at radius 2 is 1.69 bits per heavy atom. The number of aromatic nitrogens is 1. The minimum atomic E-state index is -0.0773. The fraction of sp³-hybridized carbons (Fsp3) is 0.160. The van der Waals surface area contributed by atoms with Crippen LogP contribution in [-0.4, -0.2) is 17.1 Å². The van der Waals surface area contributed by atoms with Gasteiger partial charge in [0.25, 0.3) is 5.91 Å². The summed E-state index contributed by atoms with van der Waals surface area (Å²) in [5.41, 5.74) is 7.01. The van der Waals surface area contributed by atoms with Crippen LogP contribution in [0.5, 0.6) is 0 Å². The lowest BCUT2D eigenvalue weighted by molar-refractivity contribution is 0.0951. The van der Waals surface area contributed by atoms with Crippen LogP contribution in [0.25, 0.3) is 16.8 Å². The number of hydrogen-bond acceptors (Lipinski definition) is 3. The van der Waals surface area contributed by atoms with Crippen molar-refractivity contribution in [3.63, 3.8) is 0 Å². The maximum absolute atomic E-state index is 12.5. The number of hydrogen-bond donors (Lipinski definition) is 1. The van der Waals surface area contributed by atoms with Crippen LogP contribution in [0.4, 0.5) is 0 Å². The van der Waals surface area contributed by atoms with Crippen molar-refractivity contribution in [1.82, 2.24) is 10.3 Å². The number of benzene rings is 2. The first-order valence-corrected chi connectivity index (χ1v) is 9.82. The van der Waals surface area contributed by atoms with Crippen molar-refractivity contribution in [1.29, 1.82) is 0 Å². The molecule has 0 saturated carbocycles. The van der Waals surface area contributed by atoms with Crippen molar-refractivity contribution < 1.29 is 4.79 Å². The fourth-order valence-electron chi connectivity index (χ4n) is 3.32. The number of amides is 1. The SMILES string of the molecule is Cc1cc(-c2ccc(CNC(=O)c3ccc(C4=CCCC=N4)cc3)cc2)ccn1. The molecule has 0 fully saturated rings. The van der Waals surface area contributed by atoms with Crippen molar-refractivity contribution in [2.45, 2.75) is 26.3 Å². The zero-order chi connectivity index (χ0) is 20.1. The summed E-state index contributed by atoms with van der Waals surface area (Å²) in [6.45, 7) is 2.48. The van der Waals surface area contributed by atoms with Crippen molar-refractivity contribution >= 4 is 17.8 Å². The Kier molecular flexibility index (Phi) is 5.61. The number of allylic oxidation sites excluding steroid dienone is 1. The van der Waals surface area contributed by atoms with E-state index in [1.807, 2.05) is 61.8 Å². The summed E-state index contributed by atoms with van der Waals surface area (Å²) in [7, 11) is 0. The summed E-state index contributed by atoms with van der Waals surface area (Å²) in [5, 5.41) is 2.99.